The summed E-state index contributed by atoms with van der Waals surface area (Å²) < 4.78 is 43.0. The molecule has 0 saturated heterocycles. The minimum atomic E-state index is -4.82. The molecule has 0 aromatic heterocycles. The van der Waals surface area contributed by atoms with Gasteiger partial charge in [-0.1, -0.05) is 63.8 Å². The molecule has 4 rings (SSSR count). The van der Waals surface area contributed by atoms with Gasteiger partial charge in [0.25, 0.3) is 11.5 Å². The number of carbonyl (C=O) groups excluding carboxylic acids is 1. The second-order valence-electron chi connectivity index (χ2n) is 7.39. The van der Waals surface area contributed by atoms with Crippen LogP contribution in [0.4, 0.5) is 13.2 Å². The van der Waals surface area contributed by atoms with E-state index in [0.717, 1.165) is 18.5 Å². The molecule has 3 aromatic rings. The molecule has 11 heteroatoms. The molecular weight excluding hydrogens is 494 g/mol. The third-order valence-corrected chi connectivity index (χ3v) is 5.78. The van der Waals surface area contributed by atoms with Gasteiger partial charge in [0.05, 0.1) is 5.71 Å². The van der Waals surface area contributed by atoms with Crippen LogP contribution >= 0.6 is 23.2 Å². The summed E-state index contributed by atoms with van der Waals surface area (Å²) in [5, 5.41) is 10.9. The predicted molar refractivity (Wildman–Crippen MR) is 123 cm³/mol. The highest BCUT2D eigenvalue weighted by Gasteiger charge is 2.62. The Morgan fingerprint density at radius 3 is 2.47 bits per heavy atom. The van der Waals surface area contributed by atoms with Crippen molar-refractivity contribution in [2.75, 3.05) is 7.11 Å². The molecule has 0 spiro atoms. The Balaban J connectivity index is 1.77. The van der Waals surface area contributed by atoms with Gasteiger partial charge in [0.1, 0.15) is 13.4 Å². The summed E-state index contributed by atoms with van der Waals surface area (Å²) in [5.74, 6) is -0.466. The van der Waals surface area contributed by atoms with Crippen LogP contribution in [0.25, 0.3) is 10.8 Å². The lowest BCUT2D eigenvalue weighted by Gasteiger charge is -2.29. The number of alkyl halides is 3. The number of hydrogen-bond donors (Lipinski definition) is 1. The van der Waals surface area contributed by atoms with E-state index in [9.17, 15) is 18.0 Å². The lowest BCUT2D eigenvalue weighted by atomic mass is 9.85. The van der Waals surface area contributed by atoms with Crippen LogP contribution in [-0.2, 0) is 15.3 Å². The average Bonchev–Trinajstić information content (AvgIpc) is 3.25. The molecule has 0 aliphatic carbocycles. The second-order valence-corrected chi connectivity index (χ2v) is 8.26. The number of rotatable bonds is 5. The van der Waals surface area contributed by atoms with Crippen LogP contribution in [-0.4, -0.2) is 31.2 Å². The summed E-state index contributed by atoms with van der Waals surface area (Å²) in [4.78, 5) is 22.2. The number of amides is 1. The molecule has 0 bridgehead atoms. The Morgan fingerprint density at radius 1 is 1.15 bits per heavy atom. The third-order valence-electron chi connectivity index (χ3n) is 5.35. The van der Waals surface area contributed by atoms with Crippen molar-refractivity contribution >= 4 is 51.9 Å². The Bertz CT molecular complexity index is 1310. The van der Waals surface area contributed by atoms with Gasteiger partial charge in [-0.15, -0.1) is 0 Å². The molecule has 176 valence electrons. The number of nitrogens with one attached hydrogen (secondary N) is 1. The lowest BCUT2D eigenvalue weighted by molar-refractivity contribution is -0.275. The number of halogens is 5. The molecule has 1 heterocycles. The number of hydrogen-bond acceptors (Lipinski definition) is 5. The van der Waals surface area contributed by atoms with E-state index in [-0.39, 0.29) is 21.3 Å². The maximum atomic E-state index is 14.3. The topological polar surface area (TPSA) is 72.3 Å². The van der Waals surface area contributed by atoms with Gasteiger partial charge in [0, 0.05) is 33.2 Å². The zero-order valence-electron chi connectivity index (χ0n) is 17.5. The van der Waals surface area contributed by atoms with Gasteiger partial charge in [0.15, 0.2) is 0 Å². The third kappa shape index (κ3) is 4.28. The molecule has 6 nitrogen and oxygen atoms in total. The Hall–Kier alpha value is -3.30. The van der Waals surface area contributed by atoms with Gasteiger partial charge in [-0.25, -0.2) is 0 Å². The summed E-state index contributed by atoms with van der Waals surface area (Å²) in [6.45, 7) is 0. The Kier molecular flexibility index (Phi) is 6.42. The monoisotopic (exact) mass is 509 g/mol. The fraction of sp³-hybridized carbons (Fsp3) is 0.174. The molecule has 1 N–H and O–H groups in total. The van der Waals surface area contributed by atoms with Gasteiger partial charge in [-0.3, -0.25) is 4.79 Å². The highest BCUT2D eigenvalue weighted by atomic mass is 35.5. The summed E-state index contributed by atoms with van der Waals surface area (Å²) >= 11 is 11.9. The molecule has 0 saturated carbocycles. The highest BCUT2D eigenvalue weighted by Crippen LogP contribution is 2.50. The smallest absolute Gasteiger partial charge is 0.398 e. The van der Waals surface area contributed by atoms with E-state index in [0.29, 0.717) is 21.9 Å². The van der Waals surface area contributed by atoms with Gasteiger partial charge in [-0.05, 0) is 35.0 Å². The molecule has 34 heavy (non-hydrogen) atoms. The van der Waals surface area contributed by atoms with Gasteiger partial charge >= 0.3 is 6.18 Å². The Morgan fingerprint density at radius 2 is 1.82 bits per heavy atom. The zero-order valence-corrected chi connectivity index (χ0v) is 19.0. The van der Waals surface area contributed by atoms with Crippen molar-refractivity contribution < 1.29 is 27.6 Å². The molecule has 1 atom stereocenters. The molecule has 1 unspecified atom stereocenters. The zero-order chi connectivity index (χ0) is 24.5. The van der Waals surface area contributed by atoms with Crippen LogP contribution in [0.1, 0.15) is 27.9 Å². The SMILES string of the molecule is CON=CNC(=O)c1ccc(C2=NOC(c3cc(Cl)cc(Cl)c3)(C(F)(F)F)C2)c2ccccc12. The van der Waals surface area contributed by atoms with Crippen molar-refractivity contribution in [1.82, 2.24) is 5.32 Å². The first kappa shape index (κ1) is 23.8. The van der Waals surface area contributed by atoms with E-state index in [1.807, 2.05) is 0 Å². The molecule has 3 aromatic carbocycles. The maximum absolute atomic E-state index is 14.3. The van der Waals surface area contributed by atoms with Crippen molar-refractivity contribution in [3.05, 3.63) is 81.3 Å². The van der Waals surface area contributed by atoms with Crippen LogP contribution in [0.15, 0.2) is 64.9 Å². The normalized spacial score (nSPS) is 18.1. The van der Waals surface area contributed by atoms with E-state index >= 15 is 0 Å². The maximum Gasteiger partial charge on any atom is 0.435 e. The lowest BCUT2D eigenvalue weighted by Crippen LogP contribution is -2.42. The van der Waals surface area contributed by atoms with Gasteiger partial charge in [0.2, 0.25) is 0 Å². The first-order chi connectivity index (χ1) is 16.2. The molecule has 0 fully saturated rings. The first-order valence-corrected chi connectivity index (χ1v) is 10.6. The van der Waals surface area contributed by atoms with Crippen molar-refractivity contribution in [3.63, 3.8) is 0 Å². The van der Waals surface area contributed by atoms with E-state index in [1.54, 1.807) is 24.3 Å². The van der Waals surface area contributed by atoms with Crippen LogP contribution in [0.5, 0.6) is 0 Å². The minimum Gasteiger partial charge on any atom is -0.398 e. The summed E-state index contributed by atoms with van der Waals surface area (Å²) in [5.41, 5.74) is -2.25. The summed E-state index contributed by atoms with van der Waals surface area (Å²) in [6.07, 6.45) is -4.33. The van der Waals surface area contributed by atoms with Crippen LogP contribution in [0.2, 0.25) is 10.0 Å². The molecule has 1 aliphatic rings. The standard InChI is InChI=1S/C23H16Cl2F3N3O3/c1-33-30-12-29-21(32)19-7-6-18(16-4-2-3-5-17(16)19)20-11-22(34-31-20,23(26,27)28)13-8-14(24)10-15(25)9-13/h2-10,12H,11H2,1H3,(H,29,30,32). The minimum absolute atomic E-state index is 0.0426. The van der Waals surface area contributed by atoms with E-state index in [4.69, 9.17) is 28.0 Å². The number of benzene rings is 3. The molecule has 1 amide bonds. The summed E-state index contributed by atoms with van der Waals surface area (Å²) in [6, 6.07) is 13.5. The number of nitrogens with zero attached hydrogens (tertiary/aromatic N) is 2. The van der Waals surface area contributed by atoms with Gasteiger partial charge < -0.3 is 15.0 Å². The molecular formula is C23H16Cl2F3N3O3. The fourth-order valence-corrected chi connectivity index (χ4v) is 4.33. The van der Waals surface area contributed by atoms with Crippen LogP contribution in [0.3, 0.4) is 0 Å². The van der Waals surface area contributed by atoms with Gasteiger partial charge in [-0.2, -0.15) is 13.2 Å². The summed E-state index contributed by atoms with van der Waals surface area (Å²) in [7, 11) is 1.33. The van der Waals surface area contributed by atoms with Crippen molar-refractivity contribution in [2.45, 2.75) is 18.2 Å². The van der Waals surface area contributed by atoms with Crippen molar-refractivity contribution in [1.29, 1.82) is 0 Å². The predicted octanol–water partition coefficient (Wildman–Crippen LogP) is 6.05. The average molecular weight is 510 g/mol. The quantitative estimate of drug-likeness (QED) is 0.258. The number of carbonyl (C=O) groups is 1. The fourth-order valence-electron chi connectivity index (χ4n) is 3.80. The molecule has 0 radical (unpaired) electrons. The first-order valence-electron chi connectivity index (χ1n) is 9.82. The number of oxime groups is 2. The van der Waals surface area contributed by atoms with E-state index < -0.39 is 24.1 Å². The van der Waals surface area contributed by atoms with E-state index in [1.165, 1.54) is 25.3 Å². The Labute approximate surface area is 201 Å². The second kappa shape index (κ2) is 9.15. The number of fused-ring (bicyclic) bond motifs is 1. The van der Waals surface area contributed by atoms with Crippen molar-refractivity contribution in [2.24, 2.45) is 10.3 Å². The van der Waals surface area contributed by atoms with Crippen molar-refractivity contribution in [3.8, 4) is 0 Å². The van der Waals surface area contributed by atoms with Crippen LogP contribution in [0, 0.1) is 0 Å². The largest absolute Gasteiger partial charge is 0.435 e. The highest BCUT2D eigenvalue weighted by molar-refractivity contribution is 6.34. The van der Waals surface area contributed by atoms with Crippen LogP contribution < -0.4 is 5.32 Å². The van der Waals surface area contributed by atoms with E-state index in [2.05, 4.69) is 20.5 Å². The molecule has 1 aliphatic heterocycles.